The zero-order valence-electron chi connectivity index (χ0n) is 18.5. The van der Waals surface area contributed by atoms with Crippen LogP contribution < -0.4 is 24.6 Å². The summed E-state index contributed by atoms with van der Waals surface area (Å²) in [6.45, 7) is 7.54. The Balaban J connectivity index is -0.000000133. The molecule has 0 spiro atoms. The largest absolute Gasteiger partial charge is 0.344 e. The van der Waals surface area contributed by atoms with Crippen molar-refractivity contribution in [3.63, 3.8) is 0 Å². The van der Waals surface area contributed by atoms with E-state index in [1.165, 1.54) is 103 Å². The molecule has 0 aromatic rings. The van der Waals surface area contributed by atoms with Gasteiger partial charge in [0, 0.05) is 5.88 Å². The number of hydrogen-bond acceptors (Lipinski definition) is 4. The first-order valence-electron chi connectivity index (χ1n) is 9.96. The van der Waals surface area contributed by atoms with E-state index in [9.17, 15) is 0 Å². The minimum atomic E-state index is 0. The summed E-state index contributed by atoms with van der Waals surface area (Å²) in [5.41, 5.74) is 0. The molecule has 0 rings (SSSR count). The Morgan fingerprint density at radius 2 is 0.731 bits per heavy atom. The standard InChI is InChI=1S/C18H37Cl.C3H6.4H3N/c1-2-3-4-5-6-7-8-9-10-11-12-13-14-15-16-17-18-19;1-3-2;;;;/h2-18H2,1H3;3H,1H2,2H3;4*1H3. The van der Waals surface area contributed by atoms with Gasteiger partial charge in [-0.2, -0.15) is 0 Å². The molecule has 0 unspecified atom stereocenters. The summed E-state index contributed by atoms with van der Waals surface area (Å²) in [5.74, 6) is 0.846. The lowest BCUT2D eigenvalue weighted by molar-refractivity contribution is 0.531. The Kier molecular flexibility index (Phi) is 69.2. The van der Waals surface area contributed by atoms with Gasteiger partial charge in [0.25, 0.3) is 0 Å². The van der Waals surface area contributed by atoms with Gasteiger partial charge >= 0.3 is 0 Å². The second-order valence-corrected chi connectivity index (χ2v) is 6.78. The summed E-state index contributed by atoms with van der Waals surface area (Å²) in [7, 11) is 0. The van der Waals surface area contributed by atoms with Crippen LogP contribution in [0.3, 0.4) is 0 Å². The molecule has 0 aliphatic carbocycles. The van der Waals surface area contributed by atoms with Crippen molar-refractivity contribution in [2.24, 2.45) is 0 Å². The first-order chi connectivity index (χ1) is 10.8. The molecule has 5 heteroatoms. The number of allylic oxidation sites excluding steroid dienone is 1. The van der Waals surface area contributed by atoms with Crippen molar-refractivity contribution in [1.82, 2.24) is 24.6 Å². The Hall–Kier alpha value is -0.130. The van der Waals surface area contributed by atoms with E-state index in [1.807, 2.05) is 6.92 Å². The van der Waals surface area contributed by atoms with E-state index in [1.54, 1.807) is 6.08 Å². The van der Waals surface area contributed by atoms with Crippen molar-refractivity contribution in [3.8, 4) is 0 Å². The van der Waals surface area contributed by atoms with E-state index in [2.05, 4.69) is 13.5 Å². The van der Waals surface area contributed by atoms with E-state index in [4.69, 9.17) is 11.6 Å². The fourth-order valence-electron chi connectivity index (χ4n) is 2.64. The van der Waals surface area contributed by atoms with Crippen molar-refractivity contribution in [2.75, 3.05) is 5.88 Å². The van der Waals surface area contributed by atoms with E-state index >= 15 is 0 Å². The summed E-state index contributed by atoms with van der Waals surface area (Å²) in [4.78, 5) is 0. The Labute approximate surface area is 171 Å². The van der Waals surface area contributed by atoms with E-state index < -0.39 is 0 Å². The second kappa shape index (κ2) is 44.4. The van der Waals surface area contributed by atoms with Gasteiger partial charge < -0.3 is 24.6 Å². The third kappa shape index (κ3) is 49.6. The quantitative estimate of drug-likeness (QED) is 0.117. The summed E-state index contributed by atoms with van der Waals surface area (Å²) in [6, 6.07) is 0. The molecule has 0 aliphatic heterocycles. The van der Waals surface area contributed by atoms with Crippen LogP contribution in [0.25, 0.3) is 0 Å². The number of halogens is 1. The number of hydrogen-bond donors (Lipinski definition) is 4. The molecule has 0 saturated carbocycles. The minimum absolute atomic E-state index is 0. The molecule has 166 valence electrons. The van der Waals surface area contributed by atoms with E-state index in [0.29, 0.717) is 0 Å². The maximum Gasteiger partial charge on any atom is 0.0223 e. The first kappa shape index (κ1) is 40.5. The summed E-state index contributed by atoms with van der Waals surface area (Å²) in [5, 5.41) is 0. The lowest BCUT2D eigenvalue weighted by atomic mass is 10.0. The number of rotatable bonds is 16. The van der Waals surface area contributed by atoms with Gasteiger partial charge in [-0.15, -0.1) is 18.2 Å². The second-order valence-electron chi connectivity index (χ2n) is 6.40. The highest BCUT2D eigenvalue weighted by Gasteiger charge is 1.94. The number of unbranched alkanes of at least 4 members (excludes halogenated alkanes) is 15. The smallest absolute Gasteiger partial charge is 0.0223 e. The molecule has 0 amide bonds. The highest BCUT2D eigenvalue weighted by Crippen LogP contribution is 2.13. The summed E-state index contributed by atoms with van der Waals surface area (Å²) >= 11 is 5.66. The minimum Gasteiger partial charge on any atom is -0.344 e. The summed E-state index contributed by atoms with van der Waals surface area (Å²) < 4.78 is 0. The molecule has 0 aliphatic rings. The maximum atomic E-state index is 5.66. The molecule has 0 fully saturated rings. The third-order valence-corrected chi connectivity index (χ3v) is 4.25. The summed E-state index contributed by atoms with van der Waals surface area (Å²) in [6.07, 6.45) is 24.6. The predicted molar refractivity (Wildman–Crippen MR) is 126 cm³/mol. The van der Waals surface area contributed by atoms with Crippen LogP contribution in [0, 0.1) is 0 Å². The molecule has 0 atom stereocenters. The Bertz CT molecular complexity index is 177. The molecule has 0 aromatic carbocycles. The zero-order chi connectivity index (χ0) is 16.7. The van der Waals surface area contributed by atoms with Gasteiger partial charge in [0.2, 0.25) is 0 Å². The van der Waals surface area contributed by atoms with Crippen LogP contribution in [0.1, 0.15) is 117 Å². The average Bonchev–Trinajstić information content (AvgIpc) is 2.52. The lowest BCUT2D eigenvalue weighted by Gasteiger charge is -2.03. The van der Waals surface area contributed by atoms with Crippen molar-refractivity contribution >= 4 is 11.6 Å². The van der Waals surface area contributed by atoms with Crippen LogP contribution in [0.15, 0.2) is 12.7 Å². The number of alkyl halides is 1. The van der Waals surface area contributed by atoms with Gasteiger partial charge in [-0.3, -0.25) is 0 Å². The predicted octanol–water partition coefficient (Wildman–Crippen LogP) is 9.33. The molecule has 0 radical (unpaired) electrons. The van der Waals surface area contributed by atoms with Gasteiger partial charge in [-0.25, -0.2) is 0 Å². The van der Waals surface area contributed by atoms with Crippen molar-refractivity contribution in [1.29, 1.82) is 0 Å². The zero-order valence-corrected chi connectivity index (χ0v) is 19.3. The van der Waals surface area contributed by atoms with E-state index in [0.717, 1.165) is 5.88 Å². The molecular formula is C21H55ClN4. The van der Waals surface area contributed by atoms with Gasteiger partial charge in [0.15, 0.2) is 0 Å². The maximum absolute atomic E-state index is 5.66. The average molecular weight is 399 g/mol. The molecule has 26 heavy (non-hydrogen) atoms. The SMILES string of the molecule is C=CC.CCCCCCCCCCCCCCCCCCCl.N.N.N.N. The van der Waals surface area contributed by atoms with Crippen LogP contribution in [0.4, 0.5) is 0 Å². The fourth-order valence-corrected chi connectivity index (χ4v) is 2.83. The van der Waals surface area contributed by atoms with Crippen LogP contribution in [-0.2, 0) is 0 Å². The first-order valence-corrected chi connectivity index (χ1v) is 10.5. The van der Waals surface area contributed by atoms with Gasteiger partial charge in [0.05, 0.1) is 0 Å². The van der Waals surface area contributed by atoms with Gasteiger partial charge in [-0.05, 0) is 13.3 Å². The van der Waals surface area contributed by atoms with Crippen LogP contribution >= 0.6 is 11.6 Å². The molecule has 4 nitrogen and oxygen atoms in total. The van der Waals surface area contributed by atoms with Crippen LogP contribution in [0.2, 0.25) is 0 Å². The highest BCUT2D eigenvalue weighted by atomic mass is 35.5. The molecule has 12 N–H and O–H groups in total. The molecular weight excluding hydrogens is 344 g/mol. The van der Waals surface area contributed by atoms with Gasteiger partial charge in [0.1, 0.15) is 0 Å². The molecule has 0 saturated heterocycles. The monoisotopic (exact) mass is 398 g/mol. The van der Waals surface area contributed by atoms with Crippen molar-refractivity contribution in [2.45, 2.75) is 117 Å². The van der Waals surface area contributed by atoms with Crippen molar-refractivity contribution < 1.29 is 0 Å². The Morgan fingerprint density at radius 1 is 0.538 bits per heavy atom. The molecule has 0 aromatic heterocycles. The van der Waals surface area contributed by atoms with Crippen LogP contribution in [0.5, 0.6) is 0 Å². The Morgan fingerprint density at radius 3 is 0.923 bits per heavy atom. The molecule has 0 bridgehead atoms. The van der Waals surface area contributed by atoms with Gasteiger partial charge in [-0.1, -0.05) is 109 Å². The molecule has 0 heterocycles. The van der Waals surface area contributed by atoms with E-state index in [-0.39, 0.29) is 24.6 Å². The fraction of sp³-hybridized carbons (Fsp3) is 0.905. The van der Waals surface area contributed by atoms with Crippen molar-refractivity contribution in [3.05, 3.63) is 12.7 Å². The highest BCUT2D eigenvalue weighted by molar-refractivity contribution is 6.17. The van der Waals surface area contributed by atoms with Crippen LogP contribution in [-0.4, -0.2) is 5.88 Å². The topological polar surface area (TPSA) is 140 Å². The lowest BCUT2D eigenvalue weighted by Crippen LogP contribution is -1.83. The third-order valence-electron chi connectivity index (χ3n) is 3.99. The normalized spacial score (nSPS) is 8.58.